The summed E-state index contributed by atoms with van der Waals surface area (Å²) in [4.78, 5) is 0. The van der Waals surface area contributed by atoms with Crippen LogP contribution in [-0.2, 0) is 0 Å². The lowest BCUT2D eigenvalue weighted by molar-refractivity contribution is 0.413. The van der Waals surface area contributed by atoms with Gasteiger partial charge in [0.05, 0.1) is 0 Å². The molecule has 10 heavy (non-hydrogen) atoms. The molecule has 0 aliphatic heterocycles. The smallest absolute Gasteiger partial charge is 0.423 e. The van der Waals surface area contributed by atoms with E-state index < -0.39 is 12.9 Å². The number of hydrogen-bond donors (Lipinski definition) is 2. The summed E-state index contributed by atoms with van der Waals surface area (Å²) < 4.78 is 12.6. The summed E-state index contributed by atoms with van der Waals surface area (Å²) in [6.07, 6.45) is 4.01. The van der Waals surface area contributed by atoms with Crippen LogP contribution in [0.2, 0.25) is 0 Å². The molecule has 0 saturated carbocycles. The van der Waals surface area contributed by atoms with Gasteiger partial charge < -0.3 is 10.0 Å². The summed E-state index contributed by atoms with van der Waals surface area (Å²) in [6, 6.07) is 0. The van der Waals surface area contributed by atoms with Gasteiger partial charge in [0, 0.05) is 0 Å². The van der Waals surface area contributed by atoms with Crippen LogP contribution in [-0.4, -0.2) is 17.2 Å². The third kappa shape index (κ3) is 1.46. The first-order valence-electron chi connectivity index (χ1n) is 3.13. The fourth-order valence-corrected chi connectivity index (χ4v) is 0.905. The Bertz CT molecular complexity index is 186. The van der Waals surface area contributed by atoms with Crippen LogP contribution in [0, 0.1) is 0 Å². The highest BCUT2D eigenvalue weighted by Crippen LogP contribution is 2.19. The van der Waals surface area contributed by atoms with E-state index in [0.717, 1.165) is 0 Å². The van der Waals surface area contributed by atoms with E-state index in [1.807, 2.05) is 0 Å². The number of hydrogen-bond acceptors (Lipinski definition) is 2. The van der Waals surface area contributed by atoms with Crippen LogP contribution in [0.3, 0.4) is 0 Å². The molecule has 1 aliphatic carbocycles. The standard InChI is InChI=1S/C6H8BFO2/c8-6-4-2-1-3-5(6)7(9)10/h2,4,9-10H,1,3H2. The van der Waals surface area contributed by atoms with E-state index in [4.69, 9.17) is 10.0 Å². The van der Waals surface area contributed by atoms with E-state index in [1.54, 1.807) is 6.08 Å². The van der Waals surface area contributed by atoms with Gasteiger partial charge in [-0.2, -0.15) is 0 Å². The van der Waals surface area contributed by atoms with Crippen molar-refractivity contribution in [1.82, 2.24) is 0 Å². The Balaban J connectivity index is 2.79. The first kappa shape index (κ1) is 7.50. The Labute approximate surface area is 58.8 Å². The molecular formula is C6H8BFO2. The van der Waals surface area contributed by atoms with Gasteiger partial charge in [0.2, 0.25) is 0 Å². The predicted octanol–water partition coefficient (Wildman–Crippen LogP) is 0.572. The lowest BCUT2D eigenvalue weighted by Gasteiger charge is -2.08. The molecule has 1 rings (SSSR count). The molecule has 0 atom stereocenters. The van der Waals surface area contributed by atoms with Crippen molar-refractivity contribution >= 4 is 7.12 Å². The first-order valence-corrected chi connectivity index (χ1v) is 3.13. The maximum absolute atomic E-state index is 12.6. The third-order valence-electron chi connectivity index (χ3n) is 1.46. The molecule has 0 fully saturated rings. The molecule has 0 heterocycles. The van der Waals surface area contributed by atoms with Crippen molar-refractivity contribution in [2.45, 2.75) is 12.8 Å². The zero-order valence-electron chi connectivity index (χ0n) is 5.42. The van der Waals surface area contributed by atoms with Gasteiger partial charge >= 0.3 is 7.12 Å². The van der Waals surface area contributed by atoms with Gasteiger partial charge in [-0.3, -0.25) is 0 Å². The molecule has 0 amide bonds. The Morgan fingerprint density at radius 3 is 2.60 bits per heavy atom. The van der Waals surface area contributed by atoms with E-state index in [0.29, 0.717) is 12.8 Å². The Hall–Kier alpha value is -0.605. The fraction of sp³-hybridized carbons (Fsp3) is 0.333. The number of halogens is 1. The molecule has 0 aromatic carbocycles. The Morgan fingerprint density at radius 2 is 2.20 bits per heavy atom. The minimum absolute atomic E-state index is 0.0856. The highest BCUT2D eigenvalue weighted by molar-refractivity contribution is 6.50. The summed E-state index contributed by atoms with van der Waals surface area (Å²) in [5.74, 6) is -0.513. The largest absolute Gasteiger partial charge is 0.487 e. The zero-order chi connectivity index (χ0) is 7.56. The van der Waals surface area contributed by atoms with Gasteiger partial charge in [-0.05, 0) is 24.4 Å². The lowest BCUT2D eigenvalue weighted by atomic mass is 9.74. The van der Waals surface area contributed by atoms with Crippen LogP contribution in [0.4, 0.5) is 4.39 Å². The quantitative estimate of drug-likeness (QED) is 0.525. The van der Waals surface area contributed by atoms with Crippen molar-refractivity contribution in [1.29, 1.82) is 0 Å². The van der Waals surface area contributed by atoms with Gasteiger partial charge in [-0.1, -0.05) is 6.08 Å². The van der Waals surface area contributed by atoms with Crippen LogP contribution >= 0.6 is 0 Å². The van der Waals surface area contributed by atoms with Gasteiger partial charge in [0.1, 0.15) is 5.83 Å². The molecule has 0 aromatic heterocycles. The Kier molecular flexibility index (Phi) is 2.24. The van der Waals surface area contributed by atoms with E-state index in [1.165, 1.54) is 6.08 Å². The maximum Gasteiger partial charge on any atom is 0.487 e. The van der Waals surface area contributed by atoms with Crippen LogP contribution < -0.4 is 0 Å². The van der Waals surface area contributed by atoms with Crippen LogP contribution in [0.25, 0.3) is 0 Å². The minimum atomic E-state index is -1.63. The molecule has 54 valence electrons. The number of rotatable bonds is 1. The van der Waals surface area contributed by atoms with E-state index in [9.17, 15) is 4.39 Å². The summed E-state index contributed by atoms with van der Waals surface area (Å²) in [5.41, 5.74) is 0.0856. The van der Waals surface area contributed by atoms with Crippen LogP contribution in [0.1, 0.15) is 12.8 Å². The molecule has 0 radical (unpaired) electrons. The second-order valence-electron chi connectivity index (χ2n) is 2.19. The van der Waals surface area contributed by atoms with Crippen molar-refractivity contribution in [3.05, 3.63) is 23.5 Å². The summed E-state index contributed by atoms with van der Waals surface area (Å²) in [6.45, 7) is 0. The Morgan fingerprint density at radius 1 is 1.50 bits per heavy atom. The molecule has 0 saturated heterocycles. The van der Waals surface area contributed by atoms with Gasteiger partial charge in [0.15, 0.2) is 0 Å². The van der Waals surface area contributed by atoms with Crippen molar-refractivity contribution < 1.29 is 14.4 Å². The predicted molar refractivity (Wildman–Crippen MR) is 36.7 cm³/mol. The van der Waals surface area contributed by atoms with E-state index >= 15 is 0 Å². The minimum Gasteiger partial charge on any atom is -0.423 e. The zero-order valence-corrected chi connectivity index (χ0v) is 5.42. The summed E-state index contributed by atoms with van der Waals surface area (Å²) >= 11 is 0. The summed E-state index contributed by atoms with van der Waals surface area (Å²) in [5, 5.41) is 17.1. The first-order chi connectivity index (χ1) is 4.72. The van der Waals surface area contributed by atoms with Crippen LogP contribution in [0.5, 0.6) is 0 Å². The van der Waals surface area contributed by atoms with Crippen molar-refractivity contribution in [3.8, 4) is 0 Å². The fourth-order valence-electron chi connectivity index (χ4n) is 0.905. The SMILES string of the molecule is OB(O)C1=C(F)C=CCC1. The third-order valence-corrected chi connectivity index (χ3v) is 1.46. The average molecular weight is 142 g/mol. The van der Waals surface area contributed by atoms with E-state index in [-0.39, 0.29) is 5.47 Å². The molecule has 4 heteroatoms. The average Bonchev–Trinajstić information content (AvgIpc) is 1.88. The van der Waals surface area contributed by atoms with Gasteiger partial charge in [-0.25, -0.2) is 4.39 Å². The van der Waals surface area contributed by atoms with Gasteiger partial charge in [-0.15, -0.1) is 0 Å². The molecule has 2 nitrogen and oxygen atoms in total. The molecule has 0 bridgehead atoms. The molecule has 0 spiro atoms. The van der Waals surface area contributed by atoms with Gasteiger partial charge in [0.25, 0.3) is 0 Å². The molecular weight excluding hydrogens is 134 g/mol. The highest BCUT2D eigenvalue weighted by atomic mass is 19.1. The number of allylic oxidation sites excluding steroid dienone is 4. The maximum atomic E-state index is 12.6. The van der Waals surface area contributed by atoms with Crippen molar-refractivity contribution in [2.24, 2.45) is 0 Å². The van der Waals surface area contributed by atoms with Crippen LogP contribution in [0.15, 0.2) is 23.5 Å². The molecule has 1 aliphatic rings. The van der Waals surface area contributed by atoms with E-state index in [2.05, 4.69) is 0 Å². The lowest BCUT2D eigenvalue weighted by Crippen LogP contribution is -2.17. The molecule has 0 aromatic rings. The monoisotopic (exact) mass is 142 g/mol. The second kappa shape index (κ2) is 2.99. The second-order valence-corrected chi connectivity index (χ2v) is 2.19. The summed E-state index contributed by atoms with van der Waals surface area (Å²) in [7, 11) is -1.63. The topological polar surface area (TPSA) is 40.5 Å². The normalized spacial score (nSPS) is 17.9. The molecule has 0 unspecified atom stereocenters. The van der Waals surface area contributed by atoms with Crippen molar-refractivity contribution in [2.75, 3.05) is 0 Å². The molecule has 2 N–H and O–H groups in total. The van der Waals surface area contributed by atoms with Crippen molar-refractivity contribution in [3.63, 3.8) is 0 Å². The highest BCUT2D eigenvalue weighted by Gasteiger charge is 2.19.